The summed E-state index contributed by atoms with van der Waals surface area (Å²) in [6, 6.07) is 0.363. The quantitative estimate of drug-likeness (QED) is 0.746. The number of rotatable bonds is 1. The second kappa shape index (κ2) is 3.59. The minimum atomic E-state index is 0.0648. The predicted octanol–water partition coefficient (Wildman–Crippen LogP) is 0.417. The van der Waals surface area contributed by atoms with E-state index in [0.29, 0.717) is 23.3 Å². The van der Waals surface area contributed by atoms with E-state index in [4.69, 9.17) is 4.52 Å². The minimum Gasteiger partial charge on any atom is -0.361 e. The van der Waals surface area contributed by atoms with Crippen molar-refractivity contribution in [2.75, 3.05) is 19.6 Å². The zero-order chi connectivity index (χ0) is 11.1. The van der Waals surface area contributed by atoms with Gasteiger partial charge in [0.15, 0.2) is 0 Å². The number of carbonyl (C=O) groups excluding carboxylic acids is 1. The van der Waals surface area contributed by atoms with Gasteiger partial charge >= 0.3 is 0 Å². The van der Waals surface area contributed by atoms with Crippen molar-refractivity contribution in [2.45, 2.75) is 19.4 Å². The molecule has 0 spiro atoms. The molecule has 3 rings (SSSR count). The number of likely N-dealkylation sites (tertiary alicyclic amines) is 1. The molecule has 1 N–H and O–H groups in total. The Labute approximate surface area is 93.8 Å². The number of amides is 1. The van der Waals surface area contributed by atoms with Crippen LogP contribution in [0.4, 0.5) is 0 Å². The maximum absolute atomic E-state index is 12.3. The predicted molar refractivity (Wildman–Crippen MR) is 57.0 cm³/mol. The van der Waals surface area contributed by atoms with E-state index in [-0.39, 0.29) is 5.91 Å². The Bertz CT molecular complexity index is 415. The van der Waals surface area contributed by atoms with Gasteiger partial charge in [0.05, 0.1) is 6.20 Å². The van der Waals surface area contributed by atoms with Crippen molar-refractivity contribution in [2.24, 2.45) is 5.92 Å². The van der Waals surface area contributed by atoms with Crippen LogP contribution in [0.15, 0.2) is 10.7 Å². The third-order valence-corrected chi connectivity index (χ3v) is 3.69. The van der Waals surface area contributed by atoms with Crippen LogP contribution in [-0.4, -0.2) is 41.6 Å². The first-order valence-electron chi connectivity index (χ1n) is 5.70. The summed E-state index contributed by atoms with van der Waals surface area (Å²) in [7, 11) is 0. The van der Waals surface area contributed by atoms with Crippen LogP contribution in [-0.2, 0) is 0 Å². The summed E-state index contributed by atoms with van der Waals surface area (Å²) in [5, 5.41) is 7.00. The van der Waals surface area contributed by atoms with Gasteiger partial charge in [0.2, 0.25) is 0 Å². The number of aromatic nitrogens is 1. The average Bonchev–Trinajstić information content (AvgIpc) is 2.90. The molecule has 0 aromatic carbocycles. The molecule has 5 nitrogen and oxygen atoms in total. The average molecular weight is 221 g/mol. The molecule has 1 amide bonds. The minimum absolute atomic E-state index is 0.0648. The van der Waals surface area contributed by atoms with Gasteiger partial charge in [0.25, 0.3) is 5.91 Å². The SMILES string of the molecule is Cc1oncc1C(=O)N1CC[C@H]2CNC[C@H]21. The van der Waals surface area contributed by atoms with Crippen LogP contribution in [0.1, 0.15) is 22.5 Å². The number of fused-ring (bicyclic) bond motifs is 1. The van der Waals surface area contributed by atoms with E-state index in [1.165, 1.54) is 6.20 Å². The summed E-state index contributed by atoms with van der Waals surface area (Å²) in [6.07, 6.45) is 2.63. The van der Waals surface area contributed by atoms with E-state index < -0.39 is 0 Å². The highest BCUT2D eigenvalue weighted by molar-refractivity contribution is 5.95. The highest BCUT2D eigenvalue weighted by Gasteiger charge is 2.40. The molecule has 0 saturated carbocycles. The standard InChI is InChI=1S/C11H15N3O2/c1-7-9(5-13-16-7)11(15)14-3-2-8-4-12-6-10(8)14/h5,8,10,12H,2-4,6H2,1H3/t8-,10+/m0/s1. The number of carbonyl (C=O) groups is 1. The van der Waals surface area contributed by atoms with Crippen LogP contribution in [0.5, 0.6) is 0 Å². The van der Waals surface area contributed by atoms with Gasteiger partial charge in [0.1, 0.15) is 11.3 Å². The van der Waals surface area contributed by atoms with Crippen LogP contribution >= 0.6 is 0 Å². The fourth-order valence-electron chi connectivity index (χ4n) is 2.76. The van der Waals surface area contributed by atoms with Gasteiger partial charge < -0.3 is 14.7 Å². The summed E-state index contributed by atoms with van der Waals surface area (Å²) in [5.74, 6) is 1.30. The van der Waals surface area contributed by atoms with E-state index in [1.54, 1.807) is 6.92 Å². The second-order valence-electron chi connectivity index (χ2n) is 4.57. The third-order valence-electron chi connectivity index (χ3n) is 3.69. The highest BCUT2D eigenvalue weighted by Crippen LogP contribution is 2.28. The third kappa shape index (κ3) is 1.35. The van der Waals surface area contributed by atoms with Gasteiger partial charge in [-0.3, -0.25) is 4.79 Å². The van der Waals surface area contributed by atoms with Crippen LogP contribution in [0.3, 0.4) is 0 Å². The summed E-state index contributed by atoms with van der Waals surface area (Å²) < 4.78 is 4.94. The molecule has 2 atom stereocenters. The molecule has 1 aromatic heterocycles. The number of nitrogens with one attached hydrogen (secondary N) is 1. The molecule has 2 saturated heterocycles. The number of hydrogen-bond donors (Lipinski definition) is 1. The van der Waals surface area contributed by atoms with E-state index in [2.05, 4.69) is 10.5 Å². The lowest BCUT2D eigenvalue weighted by Crippen LogP contribution is -2.39. The summed E-state index contributed by atoms with van der Waals surface area (Å²) in [4.78, 5) is 14.2. The Balaban J connectivity index is 1.83. The molecular weight excluding hydrogens is 206 g/mol. The Morgan fingerprint density at radius 2 is 2.50 bits per heavy atom. The Hall–Kier alpha value is -1.36. The lowest BCUT2D eigenvalue weighted by Gasteiger charge is -2.22. The normalized spacial score (nSPS) is 28.4. The molecule has 1 aromatic rings. The molecule has 0 bridgehead atoms. The van der Waals surface area contributed by atoms with E-state index in [1.807, 2.05) is 4.90 Å². The zero-order valence-electron chi connectivity index (χ0n) is 9.27. The maximum Gasteiger partial charge on any atom is 0.259 e. The van der Waals surface area contributed by atoms with Gasteiger partial charge in [-0.05, 0) is 19.3 Å². The number of aryl methyl sites for hydroxylation is 1. The van der Waals surface area contributed by atoms with Crippen molar-refractivity contribution in [3.63, 3.8) is 0 Å². The molecule has 0 unspecified atom stereocenters. The maximum atomic E-state index is 12.3. The molecule has 2 aliphatic heterocycles. The van der Waals surface area contributed by atoms with Gasteiger partial charge in [0, 0.05) is 25.7 Å². The summed E-state index contributed by atoms with van der Waals surface area (Å²) >= 11 is 0. The molecule has 2 aliphatic rings. The molecule has 5 heteroatoms. The van der Waals surface area contributed by atoms with E-state index in [9.17, 15) is 4.79 Å². The lowest BCUT2D eigenvalue weighted by molar-refractivity contribution is 0.0735. The molecule has 0 aliphatic carbocycles. The zero-order valence-corrected chi connectivity index (χ0v) is 9.27. The molecule has 0 radical (unpaired) electrons. The van der Waals surface area contributed by atoms with E-state index in [0.717, 1.165) is 26.1 Å². The highest BCUT2D eigenvalue weighted by atomic mass is 16.5. The fourth-order valence-corrected chi connectivity index (χ4v) is 2.76. The Morgan fingerprint density at radius 3 is 3.25 bits per heavy atom. The van der Waals surface area contributed by atoms with Crippen molar-refractivity contribution in [1.29, 1.82) is 0 Å². The monoisotopic (exact) mass is 221 g/mol. The number of hydrogen-bond acceptors (Lipinski definition) is 4. The van der Waals surface area contributed by atoms with Gasteiger partial charge in [-0.25, -0.2) is 0 Å². The van der Waals surface area contributed by atoms with Gasteiger partial charge in [-0.2, -0.15) is 0 Å². The topological polar surface area (TPSA) is 58.4 Å². The van der Waals surface area contributed by atoms with Crippen molar-refractivity contribution < 1.29 is 9.32 Å². The van der Waals surface area contributed by atoms with E-state index >= 15 is 0 Å². The molecular formula is C11H15N3O2. The first-order valence-corrected chi connectivity index (χ1v) is 5.70. The first kappa shape index (κ1) is 9.84. The lowest BCUT2D eigenvalue weighted by atomic mass is 10.0. The number of nitrogens with zero attached hydrogens (tertiary/aromatic N) is 2. The Kier molecular flexibility index (Phi) is 2.21. The summed E-state index contributed by atoms with van der Waals surface area (Å²) in [6.45, 7) is 4.60. The largest absolute Gasteiger partial charge is 0.361 e. The molecule has 2 fully saturated rings. The van der Waals surface area contributed by atoms with Gasteiger partial charge in [-0.15, -0.1) is 0 Å². The van der Waals surface area contributed by atoms with Crippen LogP contribution in [0.2, 0.25) is 0 Å². The van der Waals surface area contributed by atoms with Crippen LogP contribution < -0.4 is 5.32 Å². The van der Waals surface area contributed by atoms with Crippen LogP contribution in [0, 0.1) is 12.8 Å². The van der Waals surface area contributed by atoms with Crippen molar-refractivity contribution in [3.8, 4) is 0 Å². The second-order valence-corrected chi connectivity index (χ2v) is 4.57. The molecule has 3 heterocycles. The smallest absolute Gasteiger partial charge is 0.259 e. The van der Waals surface area contributed by atoms with Crippen molar-refractivity contribution in [3.05, 3.63) is 17.5 Å². The Morgan fingerprint density at radius 1 is 1.62 bits per heavy atom. The summed E-state index contributed by atoms with van der Waals surface area (Å²) in [5.41, 5.74) is 0.604. The fraction of sp³-hybridized carbons (Fsp3) is 0.636. The molecule has 16 heavy (non-hydrogen) atoms. The van der Waals surface area contributed by atoms with Crippen molar-refractivity contribution in [1.82, 2.24) is 15.4 Å². The van der Waals surface area contributed by atoms with Crippen molar-refractivity contribution >= 4 is 5.91 Å². The first-order chi connectivity index (χ1) is 7.77. The van der Waals surface area contributed by atoms with Gasteiger partial charge in [-0.1, -0.05) is 5.16 Å². The van der Waals surface area contributed by atoms with Crippen LogP contribution in [0.25, 0.3) is 0 Å². The molecule has 86 valence electrons.